The van der Waals surface area contributed by atoms with Gasteiger partial charge >= 0.3 is 5.97 Å². The number of carboxylic acids is 1. The van der Waals surface area contributed by atoms with Crippen LogP contribution in [0.5, 0.6) is 0 Å². The minimum absolute atomic E-state index is 0.0988. The Kier molecular flexibility index (Phi) is 3.70. The average molecular weight is 224 g/mol. The number of halogens is 1. The van der Waals surface area contributed by atoms with Crippen LogP contribution in [0.3, 0.4) is 0 Å². The lowest BCUT2D eigenvalue weighted by Gasteiger charge is -2.08. The summed E-state index contributed by atoms with van der Waals surface area (Å²) in [6.07, 6.45) is -0.0988. The van der Waals surface area contributed by atoms with Crippen LogP contribution in [0.25, 0.3) is 0 Å². The van der Waals surface area contributed by atoms with Crippen molar-refractivity contribution >= 4 is 17.6 Å². The van der Waals surface area contributed by atoms with Crippen LogP contribution in [0.15, 0.2) is 12.1 Å². The highest BCUT2D eigenvalue weighted by molar-refractivity contribution is 6.17. The Labute approximate surface area is 92.9 Å². The van der Waals surface area contributed by atoms with Crippen LogP contribution in [-0.2, 0) is 17.1 Å². The van der Waals surface area contributed by atoms with E-state index in [0.29, 0.717) is 16.7 Å². The van der Waals surface area contributed by atoms with Crippen LogP contribution in [-0.4, -0.2) is 11.1 Å². The molecule has 0 aliphatic heterocycles. The van der Waals surface area contributed by atoms with Gasteiger partial charge in [-0.3, -0.25) is 4.79 Å². The first-order valence-electron chi connectivity index (χ1n) is 4.38. The van der Waals surface area contributed by atoms with Gasteiger partial charge < -0.3 is 5.11 Å². The number of nitriles is 1. The van der Waals surface area contributed by atoms with Crippen molar-refractivity contribution in [1.82, 2.24) is 0 Å². The van der Waals surface area contributed by atoms with Crippen LogP contribution in [0.1, 0.15) is 22.3 Å². The highest BCUT2D eigenvalue weighted by Gasteiger charge is 2.11. The van der Waals surface area contributed by atoms with E-state index in [4.69, 9.17) is 22.0 Å². The minimum atomic E-state index is -0.921. The standard InChI is InChI=1S/C11H10ClNO2/c1-7-2-8(4-11(14)15)10(5-12)9(3-7)6-13/h2-3H,4-5H2,1H3,(H,14,15). The van der Waals surface area contributed by atoms with Gasteiger partial charge in [0.1, 0.15) is 0 Å². The molecule has 78 valence electrons. The predicted octanol–water partition coefficient (Wildman–Crippen LogP) is 2.23. The molecule has 1 aromatic rings. The normalized spacial score (nSPS) is 9.67. The monoisotopic (exact) mass is 223 g/mol. The second-order valence-electron chi connectivity index (χ2n) is 3.27. The van der Waals surface area contributed by atoms with Gasteiger partial charge in [-0.05, 0) is 29.7 Å². The van der Waals surface area contributed by atoms with Crippen LogP contribution in [0.4, 0.5) is 0 Å². The quantitative estimate of drug-likeness (QED) is 0.800. The fraction of sp³-hybridized carbons (Fsp3) is 0.273. The highest BCUT2D eigenvalue weighted by Crippen LogP contribution is 2.19. The van der Waals surface area contributed by atoms with Crippen molar-refractivity contribution in [1.29, 1.82) is 5.26 Å². The molecule has 0 atom stereocenters. The fourth-order valence-corrected chi connectivity index (χ4v) is 1.79. The zero-order valence-corrected chi connectivity index (χ0v) is 9.01. The molecular formula is C11H10ClNO2. The molecule has 0 aliphatic carbocycles. The molecule has 4 heteroatoms. The number of hydrogen-bond donors (Lipinski definition) is 1. The fourth-order valence-electron chi connectivity index (χ4n) is 1.47. The Morgan fingerprint density at radius 2 is 2.27 bits per heavy atom. The number of carbonyl (C=O) groups is 1. The third kappa shape index (κ3) is 2.71. The molecule has 1 aromatic carbocycles. The summed E-state index contributed by atoms with van der Waals surface area (Å²) in [6, 6.07) is 5.49. The first-order chi connectivity index (χ1) is 7.08. The number of hydrogen-bond acceptors (Lipinski definition) is 2. The Morgan fingerprint density at radius 3 is 2.73 bits per heavy atom. The van der Waals surface area contributed by atoms with Crippen molar-refractivity contribution < 1.29 is 9.90 Å². The van der Waals surface area contributed by atoms with E-state index in [2.05, 4.69) is 0 Å². The average Bonchev–Trinajstić information content (AvgIpc) is 2.15. The summed E-state index contributed by atoms with van der Waals surface area (Å²) >= 11 is 5.71. The molecule has 0 aliphatic rings. The van der Waals surface area contributed by atoms with Crippen molar-refractivity contribution in [2.45, 2.75) is 19.2 Å². The number of benzene rings is 1. The van der Waals surface area contributed by atoms with E-state index in [9.17, 15) is 4.79 Å². The van der Waals surface area contributed by atoms with Gasteiger partial charge in [-0.2, -0.15) is 5.26 Å². The SMILES string of the molecule is Cc1cc(C#N)c(CCl)c(CC(=O)O)c1. The Hall–Kier alpha value is -1.53. The summed E-state index contributed by atoms with van der Waals surface area (Å²) in [5.41, 5.74) is 2.57. The Balaban J connectivity index is 3.30. The lowest BCUT2D eigenvalue weighted by atomic mass is 9.98. The molecule has 0 radical (unpaired) electrons. The zero-order valence-electron chi connectivity index (χ0n) is 8.25. The first kappa shape index (κ1) is 11.5. The summed E-state index contributed by atoms with van der Waals surface area (Å²) in [5.74, 6) is -0.762. The Morgan fingerprint density at radius 1 is 1.60 bits per heavy atom. The smallest absolute Gasteiger partial charge is 0.307 e. The summed E-state index contributed by atoms with van der Waals surface area (Å²) in [4.78, 5) is 10.6. The van der Waals surface area contributed by atoms with Crippen LogP contribution in [0.2, 0.25) is 0 Å². The van der Waals surface area contributed by atoms with Gasteiger partial charge in [0.05, 0.1) is 18.1 Å². The predicted molar refractivity (Wildman–Crippen MR) is 56.8 cm³/mol. The molecular weight excluding hydrogens is 214 g/mol. The summed E-state index contributed by atoms with van der Waals surface area (Å²) in [6.45, 7) is 1.82. The van der Waals surface area contributed by atoms with E-state index in [-0.39, 0.29) is 12.3 Å². The highest BCUT2D eigenvalue weighted by atomic mass is 35.5. The van der Waals surface area contributed by atoms with E-state index < -0.39 is 5.97 Å². The molecule has 1 N–H and O–H groups in total. The van der Waals surface area contributed by atoms with E-state index in [1.54, 1.807) is 12.1 Å². The maximum atomic E-state index is 10.6. The maximum absolute atomic E-state index is 10.6. The van der Waals surface area contributed by atoms with Crippen molar-refractivity contribution in [3.63, 3.8) is 0 Å². The van der Waals surface area contributed by atoms with Gasteiger partial charge in [-0.1, -0.05) is 6.07 Å². The topological polar surface area (TPSA) is 61.1 Å². The molecule has 0 aromatic heterocycles. The largest absolute Gasteiger partial charge is 0.481 e. The van der Waals surface area contributed by atoms with Gasteiger partial charge in [0.25, 0.3) is 0 Å². The van der Waals surface area contributed by atoms with Crippen molar-refractivity contribution in [2.75, 3.05) is 0 Å². The van der Waals surface area contributed by atoms with Gasteiger partial charge in [-0.25, -0.2) is 0 Å². The third-order valence-electron chi connectivity index (χ3n) is 2.08. The summed E-state index contributed by atoms with van der Waals surface area (Å²) in [5, 5.41) is 17.6. The second kappa shape index (κ2) is 4.81. The van der Waals surface area contributed by atoms with Gasteiger partial charge in [0.15, 0.2) is 0 Å². The molecule has 0 spiro atoms. The van der Waals surface area contributed by atoms with E-state index in [0.717, 1.165) is 5.56 Å². The summed E-state index contributed by atoms with van der Waals surface area (Å²) < 4.78 is 0. The molecule has 0 bridgehead atoms. The molecule has 0 saturated carbocycles. The Bertz CT molecular complexity index is 435. The molecule has 0 heterocycles. The molecule has 3 nitrogen and oxygen atoms in total. The van der Waals surface area contributed by atoms with E-state index >= 15 is 0 Å². The van der Waals surface area contributed by atoms with Crippen molar-refractivity contribution in [2.24, 2.45) is 0 Å². The number of alkyl halides is 1. The molecule has 15 heavy (non-hydrogen) atoms. The first-order valence-corrected chi connectivity index (χ1v) is 4.92. The number of rotatable bonds is 3. The third-order valence-corrected chi connectivity index (χ3v) is 2.35. The zero-order chi connectivity index (χ0) is 11.4. The van der Waals surface area contributed by atoms with E-state index in [1.165, 1.54) is 0 Å². The van der Waals surface area contributed by atoms with Crippen LogP contribution >= 0.6 is 11.6 Å². The lowest BCUT2D eigenvalue weighted by molar-refractivity contribution is -0.136. The number of aliphatic carboxylic acids is 1. The number of carboxylic acid groups (broad SMARTS) is 1. The molecule has 0 saturated heterocycles. The maximum Gasteiger partial charge on any atom is 0.307 e. The second-order valence-corrected chi connectivity index (χ2v) is 3.53. The van der Waals surface area contributed by atoms with Gasteiger partial charge in [-0.15, -0.1) is 11.6 Å². The lowest BCUT2D eigenvalue weighted by Crippen LogP contribution is -2.05. The molecule has 0 fully saturated rings. The van der Waals surface area contributed by atoms with Gasteiger partial charge in [0.2, 0.25) is 0 Å². The summed E-state index contributed by atoms with van der Waals surface area (Å²) in [7, 11) is 0. The number of nitrogens with zero attached hydrogens (tertiary/aromatic N) is 1. The van der Waals surface area contributed by atoms with Crippen LogP contribution in [0, 0.1) is 18.3 Å². The van der Waals surface area contributed by atoms with Crippen LogP contribution < -0.4 is 0 Å². The van der Waals surface area contributed by atoms with Crippen molar-refractivity contribution in [3.05, 3.63) is 34.4 Å². The van der Waals surface area contributed by atoms with Gasteiger partial charge in [0, 0.05) is 5.88 Å². The molecule has 1 rings (SSSR count). The molecule has 0 amide bonds. The molecule has 0 unspecified atom stereocenters. The van der Waals surface area contributed by atoms with Crippen molar-refractivity contribution in [3.8, 4) is 6.07 Å². The van der Waals surface area contributed by atoms with E-state index in [1.807, 2.05) is 13.0 Å². The number of aryl methyl sites for hydroxylation is 1. The minimum Gasteiger partial charge on any atom is -0.481 e.